The van der Waals surface area contributed by atoms with Crippen LogP contribution in [0.1, 0.15) is 35.3 Å². The molecule has 106 valence electrons. The molecule has 0 fully saturated rings. The van der Waals surface area contributed by atoms with E-state index in [1.807, 2.05) is 12.1 Å². The molecule has 21 heavy (non-hydrogen) atoms. The Hall–Kier alpha value is -2.42. The van der Waals surface area contributed by atoms with Crippen molar-refractivity contribution in [2.24, 2.45) is 0 Å². The number of carbonyl (C=O) groups excluding carboxylic acids is 1. The number of aromatic nitrogens is 1. The Bertz CT molecular complexity index is 702. The molecule has 0 radical (unpaired) electrons. The Morgan fingerprint density at radius 3 is 2.67 bits per heavy atom. The maximum Gasteiger partial charge on any atom is 0.188 e. The highest BCUT2D eigenvalue weighted by Gasteiger charge is 2.27. The number of hydrogen-bond donors (Lipinski definition) is 1. The maximum atomic E-state index is 12.4. The van der Waals surface area contributed by atoms with Crippen LogP contribution in [0.25, 0.3) is 5.70 Å². The van der Waals surface area contributed by atoms with Gasteiger partial charge in [0, 0.05) is 40.8 Å². The lowest BCUT2D eigenvalue weighted by atomic mass is 9.85. The topological polar surface area (TPSA) is 42.0 Å². The predicted octanol–water partition coefficient (Wildman–Crippen LogP) is 3.23. The summed E-state index contributed by atoms with van der Waals surface area (Å²) >= 11 is 0. The standard InChI is InChI=1S/C18H18N2O/c1-18(2)12-14-5-3-4-6-15(14)16(20-18)11-17(21)13-7-9-19-10-8-13/h3-11,20H,12H2,1-2H3/b16-11-. The van der Waals surface area contributed by atoms with Crippen molar-refractivity contribution in [3.05, 3.63) is 71.6 Å². The lowest BCUT2D eigenvalue weighted by molar-refractivity contribution is 0.104. The third-order valence-electron chi connectivity index (χ3n) is 3.65. The van der Waals surface area contributed by atoms with Crippen LogP contribution in [0.4, 0.5) is 0 Å². The number of nitrogens with one attached hydrogen (secondary N) is 1. The number of rotatable bonds is 2. The van der Waals surface area contributed by atoms with Gasteiger partial charge in [0.05, 0.1) is 0 Å². The van der Waals surface area contributed by atoms with Gasteiger partial charge in [-0.05, 0) is 38.0 Å². The molecular weight excluding hydrogens is 260 g/mol. The van der Waals surface area contributed by atoms with Crippen molar-refractivity contribution >= 4 is 11.5 Å². The van der Waals surface area contributed by atoms with Gasteiger partial charge in [-0.25, -0.2) is 0 Å². The van der Waals surface area contributed by atoms with Gasteiger partial charge < -0.3 is 5.32 Å². The SMILES string of the molecule is CC1(C)Cc2ccccc2/C(=C/C(=O)c2ccncc2)N1. The summed E-state index contributed by atoms with van der Waals surface area (Å²) in [7, 11) is 0. The predicted molar refractivity (Wildman–Crippen MR) is 83.9 cm³/mol. The van der Waals surface area contributed by atoms with Gasteiger partial charge in [0.1, 0.15) is 0 Å². The van der Waals surface area contributed by atoms with E-state index in [0.29, 0.717) is 5.56 Å². The fraction of sp³-hybridized carbons (Fsp3) is 0.222. The Kier molecular flexibility index (Phi) is 3.34. The first-order valence-electron chi connectivity index (χ1n) is 7.08. The van der Waals surface area contributed by atoms with E-state index in [4.69, 9.17) is 0 Å². The van der Waals surface area contributed by atoms with Crippen molar-refractivity contribution in [1.82, 2.24) is 10.3 Å². The largest absolute Gasteiger partial charge is 0.379 e. The van der Waals surface area contributed by atoms with Crippen molar-refractivity contribution in [2.75, 3.05) is 0 Å². The molecule has 0 saturated carbocycles. The Morgan fingerprint density at radius 1 is 1.19 bits per heavy atom. The van der Waals surface area contributed by atoms with Gasteiger partial charge >= 0.3 is 0 Å². The molecule has 3 nitrogen and oxygen atoms in total. The zero-order valence-corrected chi connectivity index (χ0v) is 12.3. The van der Waals surface area contributed by atoms with Crippen molar-refractivity contribution in [3.63, 3.8) is 0 Å². The van der Waals surface area contributed by atoms with Gasteiger partial charge in [-0.2, -0.15) is 0 Å². The third kappa shape index (κ3) is 2.87. The second-order valence-corrected chi connectivity index (χ2v) is 6.00. The van der Waals surface area contributed by atoms with E-state index >= 15 is 0 Å². The van der Waals surface area contributed by atoms with Crippen LogP contribution in [0, 0.1) is 0 Å². The molecule has 2 aromatic rings. The minimum Gasteiger partial charge on any atom is -0.379 e. The summed E-state index contributed by atoms with van der Waals surface area (Å²) in [5.41, 5.74) is 3.87. The molecule has 1 aromatic carbocycles. The molecule has 0 atom stereocenters. The monoisotopic (exact) mass is 278 g/mol. The summed E-state index contributed by atoms with van der Waals surface area (Å²) in [6.07, 6.45) is 5.91. The molecule has 1 N–H and O–H groups in total. The van der Waals surface area contributed by atoms with E-state index in [1.54, 1.807) is 30.6 Å². The second kappa shape index (κ2) is 5.17. The zero-order valence-electron chi connectivity index (χ0n) is 12.3. The van der Waals surface area contributed by atoms with Crippen LogP contribution in [0.3, 0.4) is 0 Å². The first-order chi connectivity index (χ1) is 10.1. The summed E-state index contributed by atoms with van der Waals surface area (Å²) in [4.78, 5) is 16.3. The third-order valence-corrected chi connectivity index (χ3v) is 3.65. The molecule has 0 aliphatic carbocycles. The van der Waals surface area contributed by atoms with Crippen LogP contribution in [-0.4, -0.2) is 16.3 Å². The van der Waals surface area contributed by atoms with Gasteiger partial charge in [-0.1, -0.05) is 24.3 Å². The van der Waals surface area contributed by atoms with Crippen LogP contribution in [0.5, 0.6) is 0 Å². The van der Waals surface area contributed by atoms with Gasteiger partial charge in [-0.15, -0.1) is 0 Å². The highest BCUT2D eigenvalue weighted by Crippen LogP contribution is 2.29. The van der Waals surface area contributed by atoms with Crippen molar-refractivity contribution < 1.29 is 4.79 Å². The first-order valence-corrected chi connectivity index (χ1v) is 7.08. The van der Waals surface area contributed by atoms with E-state index in [9.17, 15) is 4.79 Å². The number of pyridine rings is 1. The molecule has 0 amide bonds. The van der Waals surface area contributed by atoms with Gasteiger partial charge in [0.2, 0.25) is 0 Å². The summed E-state index contributed by atoms with van der Waals surface area (Å²) in [5, 5.41) is 3.47. The second-order valence-electron chi connectivity index (χ2n) is 6.00. The Labute approximate surface area is 124 Å². The Balaban J connectivity index is 2.01. The fourth-order valence-corrected chi connectivity index (χ4v) is 2.73. The maximum absolute atomic E-state index is 12.4. The van der Waals surface area contributed by atoms with E-state index in [1.165, 1.54) is 5.56 Å². The fourth-order valence-electron chi connectivity index (χ4n) is 2.73. The molecule has 1 aliphatic rings. The van der Waals surface area contributed by atoms with Gasteiger partial charge in [-0.3, -0.25) is 9.78 Å². The molecule has 1 aromatic heterocycles. The van der Waals surface area contributed by atoms with Crippen LogP contribution in [-0.2, 0) is 6.42 Å². The minimum absolute atomic E-state index is 0.00703. The summed E-state index contributed by atoms with van der Waals surface area (Å²) in [5.74, 6) is -0.00703. The summed E-state index contributed by atoms with van der Waals surface area (Å²) in [6, 6.07) is 11.7. The van der Waals surface area contributed by atoms with Gasteiger partial charge in [0.15, 0.2) is 5.78 Å². The average Bonchev–Trinajstić information content (AvgIpc) is 2.47. The van der Waals surface area contributed by atoms with E-state index in [0.717, 1.165) is 17.7 Å². The van der Waals surface area contributed by atoms with Crippen LogP contribution in [0.15, 0.2) is 54.9 Å². The number of allylic oxidation sites excluding steroid dienone is 1. The number of hydrogen-bond acceptors (Lipinski definition) is 3. The molecule has 0 saturated heterocycles. The smallest absolute Gasteiger partial charge is 0.188 e. The highest BCUT2D eigenvalue weighted by atomic mass is 16.1. The number of carbonyl (C=O) groups is 1. The minimum atomic E-state index is -0.0568. The molecule has 0 unspecified atom stereocenters. The number of nitrogens with zero attached hydrogens (tertiary/aromatic N) is 1. The molecule has 0 spiro atoms. The molecular formula is C18H18N2O. The highest BCUT2D eigenvalue weighted by molar-refractivity contribution is 6.08. The lowest BCUT2D eigenvalue weighted by Crippen LogP contribution is -2.43. The van der Waals surface area contributed by atoms with E-state index in [-0.39, 0.29) is 11.3 Å². The Morgan fingerprint density at radius 2 is 1.90 bits per heavy atom. The molecule has 1 aliphatic heterocycles. The quantitative estimate of drug-likeness (QED) is 0.677. The first kappa shape index (κ1) is 13.6. The summed E-state index contributed by atoms with van der Waals surface area (Å²) in [6.45, 7) is 4.29. The van der Waals surface area contributed by atoms with Crippen LogP contribution in [0.2, 0.25) is 0 Å². The summed E-state index contributed by atoms with van der Waals surface area (Å²) < 4.78 is 0. The van der Waals surface area contributed by atoms with E-state index in [2.05, 4.69) is 36.3 Å². The lowest BCUT2D eigenvalue weighted by Gasteiger charge is -2.35. The van der Waals surface area contributed by atoms with Crippen molar-refractivity contribution in [1.29, 1.82) is 0 Å². The van der Waals surface area contributed by atoms with Gasteiger partial charge in [0.25, 0.3) is 0 Å². The van der Waals surface area contributed by atoms with Crippen molar-refractivity contribution in [3.8, 4) is 0 Å². The zero-order chi connectivity index (χ0) is 14.9. The van der Waals surface area contributed by atoms with E-state index < -0.39 is 0 Å². The van der Waals surface area contributed by atoms with Crippen molar-refractivity contribution in [2.45, 2.75) is 25.8 Å². The molecule has 3 rings (SSSR count). The molecule has 3 heteroatoms. The normalized spacial score (nSPS) is 17.9. The average molecular weight is 278 g/mol. The van der Waals surface area contributed by atoms with Crippen LogP contribution >= 0.6 is 0 Å². The number of ketones is 1. The molecule has 0 bridgehead atoms. The number of benzene rings is 1. The number of fused-ring (bicyclic) bond motifs is 1. The van der Waals surface area contributed by atoms with Crippen LogP contribution < -0.4 is 5.32 Å². The molecule has 2 heterocycles.